The van der Waals surface area contributed by atoms with Crippen LogP contribution < -0.4 is 15.0 Å². The standard InChI is InChI=1S/C19H19FN2O3/c1-25-17-10-9-13(11-14(17)20)5-4-8-19(24)22-12-18(23)21-15-6-2-3-7-16(15)22/h2-3,6-7,9-11H,4-5,8,12H2,1H3,(H,21,23). The van der Waals surface area contributed by atoms with Crippen LogP contribution in [0.25, 0.3) is 0 Å². The van der Waals surface area contributed by atoms with Crippen LogP contribution >= 0.6 is 0 Å². The Morgan fingerprint density at radius 2 is 2.08 bits per heavy atom. The third-order valence-electron chi connectivity index (χ3n) is 4.14. The van der Waals surface area contributed by atoms with E-state index in [2.05, 4.69) is 5.32 Å². The van der Waals surface area contributed by atoms with E-state index in [-0.39, 0.29) is 30.5 Å². The van der Waals surface area contributed by atoms with Crippen molar-refractivity contribution in [2.75, 3.05) is 23.9 Å². The highest BCUT2D eigenvalue weighted by Gasteiger charge is 2.25. The van der Waals surface area contributed by atoms with Crippen LogP contribution in [0.5, 0.6) is 5.75 Å². The molecule has 1 heterocycles. The Morgan fingerprint density at radius 3 is 2.84 bits per heavy atom. The summed E-state index contributed by atoms with van der Waals surface area (Å²) in [4.78, 5) is 25.8. The number of amides is 2. The van der Waals surface area contributed by atoms with Gasteiger partial charge in [0.15, 0.2) is 11.6 Å². The number of halogens is 1. The molecular formula is C19H19FN2O3. The third kappa shape index (κ3) is 3.79. The Bertz CT molecular complexity index is 807. The highest BCUT2D eigenvalue weighted by atomic mass is 19.1. The Balaban J connectivity index is 1.61. The minimum atomic E-state index is -0.409. The van der Waals surface area contributed by atoms with Gasteiger partial charge in [0.05, 0.1) is 18.5 Å². The molecular weight excluding hydrogens is 323 g/mol. The fourth-order valence-corrected chi connectivity index (χ4v) is 2.90. The van der Waals surface area contributed by atoms with Gasteiger partial charge in [0.1, 0.15) is 6.54 Å². The van der Waals surface area contributed by atoms with Crippen molar-refractivity contribution in [2.24, 2.45) is 0 Å². The van der Waals surface area contributed by atoms with Gasteiger partial charge in [-0.15, -0.1) is 0 Å². The SMILES string of the molecule is COc1ccc(CCCC(=O)N2CC(=O)Nc3ccccc32)cc1F. The van der Waals surface area contributed by atoms with Crippen LogP contribution in [0.4, 0.5) is 15.8 Å². The number of hydrogen-bond acceptors (Lipinski definition) is 3. The summed E-state index contributed by atoms with van der Waals surface area (Å²) < 4.78 is 18.6. The normalized spacial score (nSPS) is 13.2. The molecule has 0 saturated heterocycles. The van der Waals surface area contributed by atoms with Crippen molar-refractivity contribution in [3.63, 3.8) is 0 Å². The van der Waals surface area contributed by atoms with E-state index in [4.69, 9.17) is 4.74 Å². The zero-order valence-corrected chi connectivity index (χ0v) is 13.9. The molecule has 0 spiro atoms. The fraction of sp³-hybridized carbons (Fsp3) is 0.263. The van der Waals surface area contributed by atoms with Gasteiger partial charge in [-0.2, -0.15) is 0 Å². The van der Waals surface area contributed by atoms with Crippen molar-refractivity contribution in [1.29, 1.82) is 0 Å². The number of aryl methyl sites for hydroxylation is 1. The molecule has 1 aliphatic heterocycles. The number of fused-ring (bicyclic) bond motifs is 1. The molecule has 0 aromatic heterocycles. The molecule has 0 bridgehead atoms. The summed E-state index contributed by atoms with van der Waals surface area (Å²) in [5.74, 6) is -0.524. The number of anilines is 2. The molecule has 1 N–H and O–H groups in total. The van der Waals surface area contributed by atoms with Crippen molar-refractivity contribution in [3.05, 3.63) is 53.8 Å². The smallest absolute Gasteiger partial charge is 0.244 e. The molecule has 130 valence electrons. The molecule has 0 radical (unpaired) electrons. The van der Waals surface area contributed by atoms with Crippen molar-refractivity contribution in [1.82, 2.24) is 0 Å². The fourth-order valence-electron chi connectivity index (χ4n) is 2.90. The van der Waals surface area contributed by atoms with Gasteiger partial charge in [-0.1, -0.05) is 18.2 Å². The van der Waals surface area contributed by atoms with Gasteiger partial charge < -0.3 is 15.0 Å². The molecule has 2 amide bonds. The molecule has 25 heavy (non-hydrogen) atoms. The van der Waals surface area contributed by atoms with Crippen molar-refractivity contribution < 1.29 is 18.7 Å². The predicted molar refractivity (Wildman–Crippen MR) is 93.3 cm³/mol. The van der Waals surface area contributed by atoms with E-state index in [0.717, 1.165) is 5.56 Å². The number of nitrogens with one attached hydrogen (secondary N) is 1. The number of hydrogen-bond donors (Lipinski definition) is 1. The van der Waals surface area contributed by atoms with Gasteiger partial charge in [-0.25, -0.2) is 4.39 Å². The average molecular weight is 342 g/mol. The Kier molecular flexibility index (Phi) is 4.97. The van der Waals surface area contributed by atoms with E-state index in [1.165, 1.54) is 18.1 Å². The van der Waals surface area contributed by atoms with Crippen molar-refractivity contribution >= 4 is 23.2 Å². The number of nitrogens with zero attached hydrogens (tertiary/aromatic N) is 1. The van der Waals surface area contributed by atoms with Crippen molar-refractivity contribution in [2.45, 2.75) is 19.3 Å². The molecule has 0 fully saturated rings. The topological polar surface area (TPSA) is 58.6 Å². The molecule has 5 nitrogen and oxygen atoms in total. The number of carbonyl (C=O) groups is 2. The van der Waals surface area contributed by atoms with Gasteiger partial charge in [-0.05, 0) is 42.7 Å². The molecule has 2 aromatic rings. The molecule has 0 saturated carbocycles. The molecule has 0 atom stereocenters. The number of methoxy groups -OCH3 is 1. The van der Waals surface area contributed by atoms with Crippen LogP contribution in [0.15, 0.2) is 42.5 Å². The first-order valence-electron chi connectivity index (χ1n) is 8.10. The number of benzene rings is 2. The second kappa shape index (κ2) is 7.34. The van der Waals surface area contributed by atoms with Crippen LogP contribution in [-0.4, -0.2) is 25.5 Å². The summed E-state index contributed by atoms with van der Waals surface area (Å²) in [5, 5.41) is 2.76. The zero-order chi connectivity index (χ0) is 17.8. The van der Waals surface area contributed by atoms with E-state index < -0.39 is 5.82 Å². The summed E-state index contributed by atoms with van der Waals surface area (Å²) >= 11 is 0. The summed E-state index contributed by atoms with van der Waals surface area (Å²) in [5.41, 5.74) is 2.16. The van der Waals surface area contributed by atoms with Crippen LogP contribution in [0.3, 0.4) is 0 Å². The van der Waals surface area contributed by atoms with Gasteiger partial charge in [-0.3, -0.25) is 9.59 Å². The maximum Gasteiger partial charge on any atom is 0.244 e. The van der Waals surface area contributed by atoms with E-state index in [1.54, 1.807) is 18.2 Å². The van der Waals surface area contributed by atoms with Gasteiger partial charge >= 0.3 is 0 Å². The van der Waals surface area contributed by atoms with Gasteiger partial charge in [0.25, 0.3) is 0 Å². The third-order valence-corrected chi connectivity index (χ3v) is 4.14. The second-order valence-electron chi connectivity index (χ2n) is 5.87. The number of ether oxygens (including phenoxy) is 1. The predicted octanol–water partition coefficient (Wildman–Crippen LogP) is 3.14. The van der Waals surface area contributed by atoms with Gasteiger partial charge in [0.2, 0.25) is 11.8 Å². The van der Waals surface area contributed by atoms with Gasteiger partial charge in [0, 0.05) is 6.42 Å². The number of carbonyl (C=O) groups excluding carboxylic acids is 2. The van der Waals surface area contributed by atoms with Crippen molar-refractivity contribution in [3.8, 4) is 5.75 Å². The maximum absolute atomic E-state index is 13.7. The van der Waals surface area contributed by atoms with Crippen LogP contribution in [0.1, 0.15) is 18.4 Å². The highest BCUT2D eigenvalue weighted by Crippen LogP contribution is 2.29. The first kappa shape index (κ1) is 17.0. The molecule has 1 aliphatic rings. The summed E-state index contributed by atoms with van der Waals surface area (Å²) in [6.07, 6.45) is 1.44. The monoisotopic (exact) mass is 342 g/mol. The molecule has 0 aliphatic carbocycles. The molecule has 6 heteroatoms. The van der Waals surface area contributed by atoms with E-state index in [9.17, 15) is 14.0 Å². The average Bonchev–Trinajstić information content (AvgIpc) is 2.61. The summed E-state index contributed by atoms with van der Waals surface area (Å²) in [7, 11) is 1.42. The molecule has 0 unspecified atom stereocenters. The summed E-state index contributed by atoms with van der Waals surface area (Å²) in [6.45, 7) is 0.0208. The lowest BCUT2D eigenvalue weighted by Gasteiger charge is -2.29. The molecule has 3 rings (SSSR count). The molecule has 2 aromatic carbocycles. The lowest BCUT2D eigenvalue weighted by molar-refractivity contribution is -0.122. The maximum atomic E-state index is 13.7. The first-order chi connectivity index (χ1) is 12.1. The number of para-hydroxylation sites is 2. The second-order valence-corrected chi connectivity index (χ2v) is 5.87. The van der Waals surface area contributed by atoms with Crippen LogP contribution in [0, 0.1) is 5.82 Å². The van der Waals surface area contributed by atoms with E-state index >= 15 is 0 Å². The van der Waals surface area contributed by atoms with Crippen LogP contribution in [-0.2, 0) is 16.0 Å². The minimum absolute atomic E-state index is 0.0208. The Labute approximate surface area is 145 Å². The lowest BCUT2D eigenvalue weighted by Crippen LogP contribution is -2.42. The Hall–Kier alpha value is -2.89. The quantitative estimate of drug-likeness (QED) is 0.908. The largest absolute Gasteiger partial charge is 0.494 e. The van der Waals surface area contributed by atoms with E-state index in [1.807, 2.05) is 18.2 Å². The number of rotatable bonds is 5. The lowest BCUT2D eigenvalue weighted by atomic mass is 10.1. The highest BCUT2D eigenvalue weighted by molar-refractivity contribution is 6.09. The van der Waals surface area contributed by atoms with Crippen LogP contribution in [0.2, 0.25) is 0 Å². The van der Waals surface area contributed by atoms with E-state index in [0.29, 0.717) is 24.2 Å². The Morgan fingerprint density at radius 1 is 1.28 bits per heavy atom. The minimum Gasteiger partial charge on any atom is -0.494 e. The summed E-state index contributed by atoms with van der Waals surface area (Å²) in [6, 6.07) is 12.0. The zero-order valence-electron chi connectivity index (χ0n) is 13.9. The first-order valence-corrected chi connectivity index (χ1v) is 8.10.